The van der Waals surface area contributed by atoms with Gasteiger partial charge in [-0.3, -0.25) is 0 Å². The maximum absolute atomic E-state index is 11.3. The lowest BCUT2D eigenvalue weighted by molar-refractivity contribution is 0.0686. The fourth-order valence-corrected chi connectivity index (χ4v) is 4.51. The minimum absolute atomic E-state index is 0.000000000000000444. The fraction of sp³-hybridized carbons (Fsp3) is 0.0588. The quantitative estimate of drug-likeness (QED) is 0.0754. The van der Waals surface area contributed by atoms with E-state index in [4.69, 9.17) is 57.1 Å². The largest absolute Gasteiger partial charge is 0.478 e. The third-order valence-corrected chi connectivity index (χ3v) is 6.59. The van der Waals surface area contributed by atoms with Gasteiger partial charge < -0.3 is 43.4 Å². The zero-order valence-electron chi connectivity index (χ0n) is 28.0. The molecule has 0 aliphatic carbocycles. The molecule has 0 radical (unpaired) electrons. The molecule has 0 unspecified atom stereocenters. The van der Waals surface area contributed by atoms with E-state index in [2.05, 4.69) is 45.9 Å². The molecule has 0 saturated carbocycles. The van der Waals surface area contributed by atoms with Crippen molar-refractivity contribution in [3.05, 3.63) is 130 Å². The number of rotatable bonds is 7. The summed E-state index contributed by atoms with van der Waals surface area (Å²) < 4.78 is 0. The van der Waals surface area contributed by atoms with Crippen LogP contribution >= 0.6 is 34.8 Å². The Morgan fingerprint density at radius 2 is 0.981 bits per heavy atom. The van der Waals surface area contributed by atoms with Crippen LogP contribution in [0.1, 0.15) is 26.5 Å². The third-order valence-electron chi connectivity index (χ3n) is 6.08. The highest BCUT2D eigenvalue weighted by molar-refractivity contribution is 6.33. The lowest BCUT2D eigenvalue weighted by atomic mass is 10.1. The predicted molar refractivity (Wildman–Crippen MR) is 208 cm³/mol. The molecular formula is C34H33Cl3N12O4. The number of para-hydroxylation sites is 2. The number of nitrogens with one attached hydrogen (secondary N) is 3. The number of nitrogens with zero attached hydrogens (tertiary/aromatic N) is 6. The van der Waals surface area contributed by atoms with Gasteiger partial charge in [-0.15, -0.1) is 0 Å². The number of nitrogens with two attached hydrogens (primary N) is 3. The first-order valence-electron chi connectivity index (χ1n) is 15.0. The van der Waals surface area contributed by atoms with E-state index in [0.29, 0.717) is 40.5 Å². The molecule has 0 fully saturated rings. The van der Waals surface area contributed by atoms with Crippen LogP contribution in [0.15, 0.2) is 97.1 Å². The number of halogens is 3. The number of benzene rings is 4. The minimum atomic E-state index is -1.02. The monoisotopic (exact) mass is 778 g/mol. The molecule has 0 saturated heterocycles. The Morgan fingerprint density at radius 3 is 1.42 bits per heavy atom. The number of hydrogen-bond donors (Lipinski definition) is 8. The Hall–Kier alpha value is -6.49. The minimum Gasteiger partial charge on any atom is -0.478 e. The maximum atomic E-state index is 11.3. The average molecular weight is 780 g/mol. The molecule has 2 aromatic heterocycles. The molecule has 0 amide bonds. The maximum Gasteiger partial charge on any atom is 0.335 e. The van der Waals surface area contributed by atoms with Crippen molar-refractivity contribution in [2.24, 2.45) is 0 Å². The summed E-state index contributed by atoms with van der Waals surface area (Å²) in [6.45, 7) is 1.76. The van der Waals surface area contributed by atoms with Crippen LogP contribution in [0.3, 0.4) is 0 Å². The SMILES string of the molecule is CNc1cc(Nc2nc(C)nc(Nc3ccccc3)n2)cc(C(=O)O)c1.Clc1nc(Cl)nc(Cl)n1.Nc1cc(N)cc(C(=O)O)c1.Nc1ccccc1. The summed E-state index contributed by atoms with van der Waals surface area (Å²) in [5.41, 5.74) is 20.0. The van der Waals surface area contributed by atoms with E-state index in [1.807, 2.05) is 60.7 Å². The molecule has 0 bridgehead atoms. The summed E-state index contributed by atoms with van der Waals surface area (Å²) in [7, 11) is 1.72. The van der Waals surface area contributed by atoms with E-state index in [9.17, 15) is 14.7 Å². The molecule has 0 spiro atoms. The van der Waals surface area contributed by atoms with E-state index < -0.39 is 11.9 Å². The number of aromatic nitrogens is 6. The molecule has 6 rings (SSSR count). The van der Waals surface area contributed by atoms with Crippen LogP contribution in [-0.4, -0.2) is 59.1 Å². The lowest BCUT2D eigenvalue weighted by Gasteiger charge is -2.11. The standard InChI is InChI=1S/C18H18N6O2.C7H8N2O2.C6H7N.C3Cl3N3/c1-11-20-17(22-13-6-4-3-5-7-13)24-18(21-11)23-15-9-12(16(25)26)8-14(10-15)19-2;8-5-1-4(7(10)11)2-6(9)3-5;7-6-4-2-1-3-5-6;4-1-7-2(5)9-3(6)8-1/h3-10,19H,1-2H3,(H,25,26)(H2,20,21,22,23,24);1-3H,8-9H2,(H,10,11);1-5H,7H2;. The van der Waals surface area contributed by atoms with Crippen molar-refractivity contribution in [1.29, 1.82) is 0 Å². The second-order valence-corrected chi connectivity index (χ2v) is 11.3. The normalized spacial score (nSPS) is 9.75. The van der Waals surface area contributed by atoms with Crippen LogP contribution in [0, 0.1) is 6.92 Å². The molecule has 0 atom stereocenters. The van der Waals surface area contributed by atoms with E-state index in [-0.39, 0.29) is 27.0 Å². The second kappa shape index (κ2) is 20.4. The molecule has 11 N–H and O–H groups in total. The van der Waals surface area contributed by atoms with Crippen molar-refractivity contribution in [2.45, 2.75) is 6.92 Å². The molecule has 4 aromatic carbocycles. The van der Waals surface area contributed by atoms with Gasteiger partial charge in [0, 0.05) is 41.2 Å². The zero-order chi connectivity index (χ0) is 38.9. The molecule has 16 nitrogen and oxygen atoms in total. The number of carbonyl (C=O) groups is 2. The second-order valence-electron chi connectivity index (χ2n) is 10.2. The number of carboxylic acids is 2. The van der Waals surface area contributed by atoms with Gasteiger partial charge in [0.2, 0.25) is 27.7 Å². The van der Waals surface area contributed by atoms with Gasteiger partial charge in [0.05, 0.1) is 11.1 Å². The smallest absolute Gasteiger partial charge is 0.335 e. The number of carboxylic acid groups (broad SMARTS) is 2. The van der Waals surface area contributed by atoms with Crippen molar-refractivity contribution in [3.63, 3.8) is 0 Å². The van der Waals surface area contributed by atoms with Crippen molar-refractivity contribution < 1.29 is 19.8 Å². The van der Waals surface area contributed by atoms with Crippen LogP contribution in [0.25, 0.3) is 0 Å². The highest BCUT2D eigenvalue weighted by atomic mass is 35.5. The molecular weight excluding hydrogens is 747 g/mol. The van der Waals surface area contributed by atoms with Gasteiger partial charge in [-0.05, 0) is 102 Å². The van der Waals surface area contributed by atoms with Crippen LogP contribution in [0.5, 0.6) is 0 Å². The highest BCUT2D eigenvalue weighted by Crippen LogP contribution is 2.22. The van der Waals surface area contributed by atoms with Crippen molar-refractivity contribution in [3.8, 4) is 0 Å². The van der Waals surface area contributed by atoms with Crippen LogP contribution in [0.2, 0.25) is 15.9 Å². The Morgan fingerprint density at radius 1 is 0.547 bits per heavy atom. The van der Waals surface area contributed by atoms with Gasteiger partial charge in [0.15, 0.2) is 0 Å². The first-order valence-corrected chi connectivity index (χ1v) is 16.1. The number of hydrogen-bond acceptors (Lipinski definition) is 14. The zero-order valence-corrected chi connectivity index (χ0v) is 30.3. The fourth-order valence-electron chi connectivity index (χ4n) is 3.90. The number of aromatic carboxylic acids is 2. The average Bonchev–Trinajstić information content (AvgIpc) is 3.08. The van der Waals surface area contributed by atoms with Gasteiger partial charge in [0.25, 0.3) is 0 Å². The van der Waals surface area contributed by atoms with Gasteiger partial charge >= 0.3 is 11.9 Å². The van der Waals surface area contributed by atoms with E-state index in [1.165, 1.54) is 24.3 Å². The summed E-state index contributed by atoms with van der Waals surface area (Å²) in [6, 6.07) is 28.1. The summed E-state index contributed by atoms with van der Waals surface area (Å²) >= 11 is 16.0. The van der Waals surface area contributed by atoms with Crippen molar-refractivity contribution in [2.75, 3.05) is 40.2 Å². The number of nitrogen functional groups attached to an aromatic ring is 3. The highest BCUT2D eigenvalue weighted by Gasteiger charge is 2.10. The van der Waals surface area contributed by atoms with Crippen LogP contribution in [-0.2, 0) is 0 Å². The predicted octanol–water partition coefficient (Wildman–Crippen LogP) is 7.06. The van der Waals surface area contributed by atoms with Gasteiger partial charge in [-0.25, -0.2) is 9.59 Å². The molecule has 0 aliphatic heterocycles. The Labute approximate surface area is 318 Å². The topological polar surface area (TPSA) is 266 Å². The number of anilines is 8. The van der Waals surface area contributed by atoms with E-state index >= 15 is 0 Å². The molecule has 19 heteroatoms. The lowest BCUT2D eigenvalue weighted by Crippen LogP contribution is -2.06. The number of aryl methyl sites for hydroxylation is 1. The Balaban J connectivity index is 0.000000228. The molecule has 274 valence electrons. The Kier molecular flexibility index (Phi) is 15.7. The summed E-state index contributed by atoms with van der Waals surface area (Å²) in [5.74, 6) is -0.786. The third kappa shape index (κ3) is 15.1. The summed E-state index contributed by atoms with van der Waals surface area (Å²) in [5, 5.41) is 26.8. The summed E-state index contributed by atoms with van der Waals surface area (Å²) in [6.07, 6.45) is 0. The van der Waals surface area contributed by atoms with E-state index in [1.54, 1.807) is 26.1 Å². The van der Waals surface area contributed by atoms with Crippen molar-refractivity contribution in [1.82, 2.24) is 29.9 Å². The summed E-state index contributed by atoms with van der Waals surface area (Å²) in [4.78, 5) is 44.9. The van der Waals surface area contributed by atoms with Crippen LogP contribution < -0.4 is 33.2 Å². The van der Waals surface area contributed by atoms with Gasteiger partial charge in [-0.1, -0.05) is 36.4 Å². The molecule has 53 heavy (non-hydrogen) atoms. The molecule has 2 heterocycles. The van der Waals surface area contributed by atoms with Crippen LogP contribution in [0.4, 0.5) is 46.0 Å². The van der Waals surface area contributed by atoms with Gasteiger partial charge in [0.1, 0.15) is 5.82 Å². The van der Waals surface area contributed by atoms with E-state index in [0.717, 1.165) is 11.4 Å². The Bertz CT molecular complexity index is 2060. The molecule has 6 aromatic rings. The van der Waals surface area contributed by atoms with Crippen molar-refractivity contribution >= 4 is 92.8 Å². The first kappa shape index (κ1) is 40.9. The first-order chi connectivity index (χ1) is 25.2. The molecule has 0 aliphatic rings. The van der Waals surface area contributed by atoms with Gasteiger partial charge in [-0.2, -0.15) is 29.9 Å².